The van der Waals surface area contributed by atoms with E-state index >= 15 is 0 Å². The molecule has 9 heteroatoms. The maximum absolute atomic E-state index is 8.57. The fourth-order valence-corrected chi connectivity index (χ4v) is 0. The molecular formula is CdI2O6. The molecule has 0 fully saturated rings. The van der Waals surface area contributed by atoms with Crippen molar-refractivity contribution in [1.82, 2.24) is 0 Å². The van der Waals surface area contributed by atoms with Crippen molar-refractivity contribution in [3.63, 3.8) is 0 Å². The molecule has 0 heterocycles. The zero-order chi connectivity index (χ0) is 7.15. The molecule has 0 radical (unpaired) electrons. The minimum Gasteiger partial charge on any atom is -0.427 e. The first-order valence-corrected chi connectivity index (χ1v) is 6.21. The summed E-state index contributed by atoms with van der Waals surface area (Å²) in [4.78, 5) is 0. The maximum atomic E-state index is 8.57. The van der Waals surface area contributed by atoms with Crippen molar-refractivity contribution >= 4 is 0 Å². The second kappa shape index (κ2) is 12.8. The molecule has 0 spiro atoms. The Bertz CT molecular complexity index is 26.5. The van der Waals surface area contributed by atoms with E-state index in [1.807, 2.05) is 0 Å². The fraction of sp³-hybridized carbons (Fsp3) is 0. The van der Waals surface area contributed by atoms with Crippen LogP contribution in [0.5, 0.6) is 0 Å². The summed E-state index contributed by atoms with van der Waals surface area (Å²) in [5.41, 5.74) is 0. The molecule has 9 heavy (non-hydrogen) atoms. The average molecular weight is 462 g/mol. The Hall–Kier alpha value is 2.14. The second-order valence-corrected chi connectivity index (χ2v) is 2.54. The molecule has 6 nitrogen and oxygen atoms in total. The Labute approximate surface area is 88.8 Å². The molecule has 0 N–H and O–H groups in total. The summed E-state index contributed by atoms with van der Waals surface area (Å²) in [6.45, 7) is 0. The Morgan fingerprint density at radius 3 is 0.556 bits per heavy atom. The van der Waals surface area contributed by atoms with Crippen molar-refractivity contribution < 1.29 is 90.0 Å². The van der Waals surface area contributed by atoms with E-state index in [0.29, 0.717) is 0 Å². The zero-order valence-electron chi connectivity index (χ0n) is 3.91. The Kier molecular flexibility index (Phi) is 24.6. The predicted octanol–water partition coefficient (Wildman–Crippen LogP) is -13.1. The van der Waals surface area contributed by atoms with Crippen molar-refractivity contribution in [1.29, 1.82) is 0 Å². The van der Waals surface area contributed by atoms with Crippen LogP contribution in [-0.4, -0.2) is 0 Å². The van der Waals surface area contributed by atoms with Gasteiger partial charge in [0.15, 0.2) is 0 Å². The first-order valence-electron chi connectivity index (χ1n) is 0.926. The van der Waals surface area contributed by atoms with E-state index in [-0.39, 0.29) is 27.3 Å². The van der Waals surface area contributed by atoms with E-state index in [1.54, 1.807) is 0 Å². The van der Waals surface area contributed by atoms with Gasteiger partial charge in [0.25, 0.3) is 42.1 Å². The zero-order valence-corrected chi connectivity index (χ0v) is 12.3. The maximum Gasteiger partial charge on any atom is 2.00 e. The van der Waals surface area contributed by atoms with Crippen LogP contribution in [0.15, 0.2) is 0 Å². The smallest absolute Gasteiger partial charge is 0.427 e. The third kappa shape index (κ3) is 147. The van der Waals surface area contributed by atoms with Gasteiger partial charge in [0.2, 0.25) is 0 Å². The van der Waals surface area contributed by atoms with Gasteiger partial charge in [-0.15, -0.1) is 0 Å². The van der Waals surface area contributed by atoms with E-state index < -0.39 is 42.1 Å². The molecule has 0 saturated carbocycles. The number of halogens is 2. The van der Waals surface area contributed by atoms with Crippen LogP contribution in [0.1, 0.15) is 0 Å². The van der Waals surface area contributed by atoms with Gasteiger partial charge in [-0.1, -0.05) is 0 Å². The Balaban J connectivity index is -0.0000000720. The number of hydrogen-bond acceptors (Lipinski definition) is 6. The van der Waals surface area contributed by atoms with Crippen molar-refractivity contribution in [3.05, 3.63) is 0 Å². The van der Waals surface area contributed by atoms with Crippen LogP contribution in [0.2, 0.25) is 0 Å². The van der Waals surface area contributed by atoms with Crippen LogP contribution in [-0.2, 0) is 27.3 Å². The minimum absolute atomic E-state index is 0. The summed E-state index contributed by atoms with van der Waals surface area (Å²) in [7, 11) is 0. The summed E-state index contributed by atoms with van der Waals surface area (Å²) in [5, 5.41) is 0. The molecule has 0 aliphatic heterocycles. The number of hydrogen-bond donors (Lipinski definition) is 0. The average Bonchev–Trinajstić information content (AvgIpc) is 1.25. The van der Waals surface area contributed by atoms with Crippen molar-refractivity contribution in [3.8, 4) is 0 Å². The van der Waals surface area contributed by atoms with Crippen LogP contribution in [0.25, 0.3) is 0 Å². The molecule has 0 rings (SSSR count). The molecule has 0 amide bonds. The molecular weight excluding hydrogens is 462 g/mol. The van der Waals surface area contributed by atoms with Crippen LogP contribution in [0.3, 0.4) is 0 Å². The monoisotopic (exact) mass is 464 g/mol. The van der Waals surface area contributed by atoms with E-state index in [4.69, 9.17) is 20.6 Å². The third-order valence-corrected chi connectivity index (χ3v) is 0. The van der Waals surface area contributed by atoms with E-state index in [1.165, 1.54) is 0 Å². The first kappa shape index (κ1) is 17.3. The summed E-state index contributed by atoms with van der Waals surface area (Å²) in [5.74, 6) is 0. The van der Waals surface area contributed by atoms with Gasteiger partial charge in [0.1, 0.15) is 0 Å². The summed E-state index contributed by atoms with van der Waals surface area (Å²) >= 11 is -8.03. The molecule has 0 atom stereocenters. The van der Waals surface area contributed by atoms with Crippen molar-refractivity contribution in [2.45, 2.75) is 0 Å². The molecule has 52 valence electrons. The summed E-state index contributed by atoms with van der Waals surface area (Å²) in [6, 6.07) is 0. The van der Waals surface area contributed by atoms with Gasteiger partial charge < -0.3 is 20.6 Å². The van der Waals surface area contributed by atoms with Crippen molar-refractivity contribution in [2.75, 3.05) is 0 Å². The third-order valence-electron chi connectivity index (χ3n) is 0. The van der Waals surface area contributed by atoms with E-state index in [9.17, 15) is 0 Å². The second-order valence-electron chi connectivity index (χ2n) is 0.378. The Morgan fingerprint density at radius 2 is 0.556 bits per heavy atom. The largest absolute Gasteiger partial charge is 2.00 e. The molecule has 0 aliphatic rings. The topological polar surface area (TPSA) is 138 Å². The molecule has 0 aromatic carbocycles. The quantitative estimate of drug-likeness (QED) is 0.259. The van der Waals surface area contributed by atoms with Gasteiger partial charge in [-0.05, 0) is 0 Å². The molecule has 0 aromatic heterocycles. The van der Waals surface area contributed by atoms with E-state index in [0.717, 1.165) is 0 Å². The minimum atomic E-state index is -4.01. The standard InChI is InChI=1S/Cd.2IO3/c;2*2-1(3)4/q+2;2*-1. The van der Waals surface area contributed by atoms with Crippen LogP contribution >= 0.6 is 0 Å². The van der Waals surface area contributed by atoms with Gasteiger partial charge >= 0.3 is 27.3 Å². The molecule has 0 aromatic rings. The molecule has 0 aliphatic carbocycles. The van der Waals surface area contributed by atoms with Gasteiger partial charge in [0.05, 0.1) is 0 Å². The molecule has 0 unspecified atom stereocenters. The van der Waals surface area contributed by atoms with Gasteiger partial charge in [0, 0.05) is 0 Å². The summed E-state index contributed by atoms with van der Waals surface area (Å²) < 4.78 is 51.4. The van der Waals surface area contributed by atoms with Crippen LogP contribution in [0, 0.1) is 0 Å². The van der Waals surface area contributed by atoms with Crippen LogP contribution < -0.4 is 62.7 Å². The van der Waals surface area contributed by atoms with E-state index in [2.05, 4.69) is 0 Å². The van der Waals surface area contributed by atoms with Gasteiger partial charge in [-0.2, -0.15) is 0 Å². The normalized spacial score (nSPS) is 8.00. The molecule has 0 bridgehead atoms. The number of rotatable bonds is 0. The van der Waals surface area contributed by atoms with Crippen LogP contribution in [0.4, 0.5) is 0 Å². The van der Waals surface area contributed by atoms with Crippen molar-refractivity contribution in [2.24, 2.45) is 0 Å². The SMILES string of the molecule is [Cd+2].[O-][I+2]([O-])[O-].[O-][I+2]([O-])[O-]. The van der Waals surface area contributed by atoms with Gasteiger partial charge in [-0.3, -0.25) is 0 Å². The predicted molar refractivity (Wildman–Crippen MR) is 0 cm³/mol. The van der Waals surface area contributed by atoms with Gasteiger partial charge in [-0.25, -0.2) is 0 Å². The Morgan fingerprint density at radius 1 is 0.556 bits per heavy atom. The first-order chi connectivity index (χ1) is 3.46. The summed E-state index contributed by atoms with van der Waals surface area (Å²) in [6.07, 6.45) is 0. The molecule has 0 saturated heterocycles. The fourth-order valence-electron chi connectivity index (χ4n) is 0.